The fraction of sp³-hybridized carbons (Fsp3) is 0.500. The maximum atomic E-state index is 4.87. The molecular weight excluding hydrogens is 266 g/mol. The zero-order valence-electron chi connectivity index (χ0n) is 12.6. The van der Waals surface area contributed by atoms with Crippen LogP contribution in [0.25, 0.3) is 11.3 Å². The van der Waals surface area contributed by atoms with Gasteiger partial charge in [0.05, 0.1) is 11.4 Å². The molecule has 0 saturated heterocycles. The second-order valence-electron chi connectivity index (χ2n) is 5.94. The van der Waals surface area contributed by atoms with Crippen LogP contribution in [0.3, 0.4) is 0 Å². The minimum Gasteiger partial charge on any atom is -0.300 e. The van der Waals surface area contributed by atoms with Crippen molar-refractivity contribution < 1.29 is 0 Å². The highest BCUT2D eigenvalue weighted by molar-refractivity contribution is 7.10. The molecule has 0 aliphatic carbocycles. The maximum Gasteiger partial charge on any atom is 0.131 e. The highest BCUT2D eigenvalue weighted by atomic mass is 32.1. The van der Waals surface area contributed by atoms with Gasteiger partial charge < -0.3 is 4.90 Å². The fourth-order valence-corrected chi connectivity index (χ4v) is 3.33. The van der Waals surface area contributed by atoms with Crippen molar-refractivity contribution >= 4 is 11.3 Å². The smallest absolute Gasteiger partial charge is 0.131 e. The molecule has 3 nitrogen and oxygen atoms in total. The molecule has 0 atom stereocenters. The van der Waals surface area contributed by atoms with E-state index in [1.54, 1.807) is 11.3 Å². The van der Waals surface area contributed by atoms with Crippen molar-refractivity contribution in [2.45, 2.75) is 39.7 Å². The van der Waals surface area contributed by atoms with Crippen molar-refractivity contribution in [3.05, 3.63) is 33.4 Å². The summed E-state index contributed by atoms with van der Waals surface area (Å²) in [6.45, 7) is 8.51. The number of hydrogen-bond acceptors (Lipinski definition) is 4. The molecule has 3 heterocycles. The van der Waals surface area contributed by atoms with Gasteiger partial charge in [-0.15, -0.1) is 11.3 Å². The molecule has 0 amide bonds. The molecule has 20 heavy (non-hydrogen) atoms. The second kappa shape index (κ2) is 5.26. The molecule has 0 N–H and O–H groups in total. The van der Waals surface area contributed by atoms with Crippen molar-refractivity contribution in [2.75, 3.05) is 13.6 Å². The summed E-state index contributed by atoms with van der Waals surface area (Å²) in [6, 6.07) is 2.25. The standard InChI is InChI=1S/C16H21N3S/c1-10(2)16-17-14-8-19(4)6-5-13(14)15(18-16)12-7-11(3)20-9-12/h7,9-10H,5-6,8H2,1-4H3. The topological polar surface area (TPSA) is 29.0 Å². The quantitative estimate of drug-likeness (QED) is 0.844. The summed E-state index contributed by atoms with van der Waals surface area (Å²) >= 11 is 1.79. The van der Waals surface area contributed by atoms with Gasteiger partial charge in [-0.05, 0) is 26.5 Å². The van der Waals surface area contributed by atoms with Crippen LogP contribution in [-0.2, 0) is 13.0 Å². The van der Waals surface area contributed by atoms with Gasteiger partial charge in [-0.1, -0.05) is 13.8 Å². The Kier molecular flexibility index (Phi) is 3.61. The monoisotopic (exact) mass is 287 g/mol. The van der Waals surface area contributed by atoms with Crippen LogP contribution in [0.2, 0.25) is 0 Å². The molecule has 2 aromatic heterocycles. The lowest BCUT2D eigenvalue weighted by Crippen LogP contribution is -2.29. The van der Waals surface area contributed by atoms with Gasteiger partial charge >= 0.3 is 0 Å². The van der Waals surface area contributed by atoms with Crippen LogP contribution in [-0.4, -0.2) is 28.5 Å². The van der Waals surface area contributed by atoms with Crippen molar-refractivity contribution in [2.24, 2.45) is 0 Å². The van der Waals surface area contributed by atoms with Gasteiger partial charge in [0.15, 0.2) is 0 Å². The van der Waals surface area contributed by atoms with Crippen LogP contribution in [0, 0.1) is 6.92 Å². The molecule has 1 aliphatic rings. The fourth-order valence-electron chi connectivity index (χ4n) is 2.64. The Hall–Kier alpha value is -1.26. The van der Waals surface area contributed by atoms with Gasteiger partial charge in [0.25, 0.3) is 0 Å². The molecule has 0 unspecified atom stereocenters. The van der Waals surface area contributed by atoms with Crippen molar-refractivity contribution in [3.63, 3.8) is 0 Å². The molecule has 0 bridgehead atoms. The van der Waals surface area contributed by atoms with E-state index < -0.39 is 0 Å². The van der Waals surface area contributed by atoms with Crippen molar-refractivity contribution in [3.8, 4) is 11.3 Å². The molecule has 0 aromatic carbocycles. The number of hydrogen-bond donors (Lipinski definition) is 0. The highest BCUT2D eigenvalue weighted by Gasteiger charge is 2.22. The lowest BCUT2D eigenvalue weighted by Gasteiger charge is -2.26. The molecule has 0 spiro atoms. The van der Waals surface area contributed by atoms with Crippen LogP contribution in [0.1, 0.15) is 41.7 Å². The molecule has 0 radical (unpaired) electrons. The normalized spacial score (nSPS) is 15.7. The molecule has 0 saturated carbocycles. The van der Waals surface area contributed by atoms with E-state index in [9.17, 15) is 0 Å². The summed E-state index contributed by atoms with van der Waals surface area (Å²) < 4.78 is 0. The van der Waals surface area contributed by atoms with Gasteiger partial charge in [-0.3, -0.25) is 0 Å². The number of nitrogens with zero attached hydrogens (tertiary/aromatic N) is 3. The summed E-state index contributed by atoms with van der Waals surface area (Å²) in [5.74, 6) is 1.34. The first-order chi connectivity index (χ1) is 9.54. The minimum absolute atomic E-state index is 0.367. The van der Waals surface area contributed by atoms with Crippen LogP contribution in [0.4, 0.5) is 0 Å². The van der Waals surface area contributed by atoms with Crippen molar-refractivity contribution in [1.29, 1.82) is 0 Å². The number of aromatic nitrogens is 2. The Bertz CT molecular complexity index is 631. The number of thiophene rings is 1. The van der Waals surface area contributed by atoms with E-state index in [4.69, 9.17) is 9.97 Å². The summed E-state index contributed by atoms with van der Waals surface area (Å²) in [5.41, 5.74) is 5.00. The molecule has 0 fully saturated rings. The summed E-state index contributed by atoms with van der Waals surface area (Å²) in [5, 5.41) is 2.22. The predicted octanol–water partition coefficient (Wildman–Crippen LogP) is 3.62. The first-order valence-corrected chi connectivity index (χ1v) is 8.06. The van der Waals surface area contributed by atoms with E-state index in [1.165, 1.54) is 21.7 Å². The van der Waals surface area contributed by atoms with Crippen molar-refractivity contribution in [1.82, 2.24) is 14.9 Å². The largest absolute Gasteiger partial charge is 0.300 e. The van der Waals surface area contributed by atoms with Gasteiger partial charge in [-0.2, -0.15) is 0 Å². The average molecular weight is 287 g/mol. The van der Waals surface area contributed by atoms with E-state index in [2.05, 4.69) is 44.2 Å². The number of rotatable bonds is 2. The Morgan fingerprint density at radius 2 is 2.10 bits per heavy atom. The number of likely N-dealkylation sites (N-methyl/N-ethyl adjacent to an activating group) is 1. The van der Waals surface area contributed by atoms with E-state index >= 15 is 0 Å². The highest BCUT2D eigenvalue weighted by Crippen LogP contribution is 2.31. The van der Waals surface area contributed by atoms with Gasteiger partial charge in [-0.25, -0.2) is 9.97 Å². The molecule has 106 valence electrons. The molecule has 2 aromatic rings. The Morgan fingerprint density at radius 1 is 1.30 bits per heavy atom. The van der Waals surface area contributed by atoms with Crippen LogP contribution in [0.15, 0.2) is 11.4 Å². The SMILES string of the molecule is Cc1cc(-c2nc(C(C)C)nc3c2CCN(C)C3)cs1. The lowest BCUT2D eigenvalue weighted by atomic mass is 9.99. The summed E-state index contributed by atoms with van der Waals surface area (Å²) in [4.78, 5) is 13.4. The molecule has 4 heteroatoms. The van der Waals surface area contributed by atoms with Gasteiger partial charge in [0, 0.05) is 40.4 Å². The Balaban J connectivity index is 2.16. The number of aryl methyl sites for hydroxylation is 1. The molecule has 3 rings (SSSR count). The third-order valence-electron chi connectivity index (χ3n) is 3.79. The van der Waals surface area contributed by atoms with Crippen LogP contribution < -0.4 is 0 Å². The summed E-state index contributed by atoms with van der Waals surface area (Å²) in [7, 11) is 2.16. The zero-order chi connectivity index (χ0) is 14.3. The third-order valence-corrected chi connectivity index (χ3v) is 4.66. The van der Waals surface area contributed by atoms with Gasteiger partial charge in [0.2, 0.25) is 0 Å². The molecule has 1 aliphatic heterocycles. The Labute approximate surface area is 124 Å². The van der Waals surface area contributed by atoms with E-state index in [0.29, 0.717) is 5.92 Å². The lowest BCUT2D eigenvalue weighted by molar-refractivity contribution is 0.306. The second-order valence-corrected chi connectivity index (χ2v) is 7.06. The first kappa shape index (κ1) is 13.7. The van der Waals surface area contributed by atoms with E-state index in [1.807, 2.05) is 0 Å². The van der Waals surface area contributed by atoms with Gasteiger partial charge in [0.1, 0.15) is 5.82 Å². The zero-order valence-corrected chi connectivity index (χ0v) is 13.4. The first-order valence-electron chi connectivity index (χ1n) is 7.18. The van der Waals surface area contributed by atoms with Crippen LogP contribution in [0.5, 0.6) is 0 Å². The summed E-state index contributed by atoms with van der Waals surface area (Å²) in [6.07, 6.45) is 1.05. The molecular formula is C16H21N3S. The average Bonchev–Trinajstić information content (AvgIpc) is 2.83. The van der Waals surface area contributed by atoms with E-state index in [0.717, 1.165) is 31.0 Å². The van der Waals surface area contributed by atoms with Crippen LogP contribution >= 0.6 is 11.3 Å². The maximum absolute atomic E-state index is 4.87. The van der Waals surface area contributed by atoms with E-state index in [-0.39, 0.29) is 0 Å². The third kappa shape index (κ3) is 2.50. The Morgan fingerprint density at radius 3 is 2.75 bits per heavy atom. The predicted molar refractivity (Wildman–Crippen MR) is 84.2 cm³/mol. The number of fused-ring (bicyclic) bond motifs is 1. The minimum atomic E-state index is 0.367.